The highest BCUT2D eigenvalue weighted by Crippen LogP contribution is 2.29. The SMILES string of the molecule is C=CCCC(CC)(CC=C)OS(=O)(=O)OCC. The first-order valence-electron chi connectivity index (χ1n) is 5.77. The van der Waals surface area contributed by atoms with Gasteiger partial charge < -0.3 is 0 Å². The van der Waals surface area contributed by atoms with E-state index < -0.39 is 16.0 Å². The number of allylic oxidation sites excluding steroid dienone is 1. The van der Waals surface area contributed by atoms with E-state index in [2.05, 4.69) is 17.3 Å². The summed E-state index contributed by atoms with van der Waals surface area (Å²) in [6.45, 7) is 10.8. The molecule has 0 aliphatic heterocycles. The summed E-state index contributed by atoms with van der Waals surface area (Å²) < 4.78 is 32.9. The van der Waals surface area contributed by atoms with Crippen molar-refractivity contribution in [3.05, 3.63) is 25.3 Å². The third kappa shape index (κ3) is 6.00. The van der Waals surface area contributed by atoms with Gasteiger partial charge in [0.15, 0.2) is 0 Å². The highest BCUT2D eigenvalue weighted by molar-refractivity contribution is 7.81. The van der Waals surface area contributed by atoms with Crippen LogP contribution in [0.4, 0.5) is 0 Å². The van der Waals surface area contributed by atoms with Gasteiger partial charge in [-0.25, -0.2) is 8.37 Å². The van der Waals surface area contributed by atoms with Gasteiger partial charge in [-0.1, -0.05) is 19.1 Å². The van der Waals surface area contributed by atoms with Crippen LogP contribution in [0.25, 0.3) is 0 Å². The second-order valence-corrected chi connectivity index (χ2v) is 4.97. The maximum atomic E-state index is 11.5. The molecule has 0 aliphatic rings. The summed E-state index contributed by atoms with van der Waals surface area (Å²) in [6.07, 6.45) is 5.69. The van der Waals surface area contributed by atoms with Crippen LogP contribution in [0.5, 0.6) is 0 Å². The van der Waals surface area contributed by atoms with Crippen molar-refractivity contribution < 1.29 is 16.8 Å². The van der Waals surface area contributed by atoms with E-state index in [0.717, 1.165) is 0 Å². The topological polar surface area (TPSA) is 52.6 Å². The van der Waals surface area contributed by atoms with Crippen molar-refractivity contribution in [1.29, 1.82) is 0 Å². The number of hydrogen-bond acceptors (Lipinski definition) is 4. The fourth-order valence-electron chi connectivity index (χ4n) is 1.57. The Labute approximate surface area is 105 Å². The van der Waals surface area contributed by atoms with Gasteiger partial charge in [-0.3, -0.25) is 0 Å². The lowest BCUT2D eigenvalue weighted by atomic mass is 9.91. The van der Waals surface area contributed by atoms with Crippen LogP contribution in [0.1, 0.15) is 39.5 Å². The van der Waals surface area contributed by atoms with Gasteiger partial charge in [0.05, 0.1) is 12.2 Å². The molecule has 0 radical (unpaired) electrons. The second-order valence-electron chi connectivity index (χ2n) is 3.75. The van der Waals surface area contributed by atoms with Crippen molar-refractivity contribution >= 4 is 10.4 Å². The largest absolute Gasteiger partial charge is 0.400 e. The Balaban J connectivity index is 4.88. The Hall–Kier alpha value is -0.650. The summed E-state index contributed by atoms with van der Waals surface area (Å²) in [6, 6.07) is 0. The van der Waals surface area contributed by atoms with Crippen LogP contribution >= 0.6 is 0 Å². The van der Waals surface area contributed by atoms with Gasteiger partial charge in [-0.05, 0) is 32.6 Å². The molecule has 0 aromatic heterocycles. The van der Waals surface area contributed by atoms with E-state index in [4.69, 9.17) is 4.18 Å². The van der Waals surface area contributed by atoms with E-state index in [1.165, 1.54) is 0 Å². The predicted molar refractivity (Wildman–Crippen MR) is 68.9 cm³/mol. The molecule has 0 fully saturated rings. The lowest BCUT2D eigenvalue weighted by molar-refractivity contribution is 0.0456. The van der Waals surface area contributed by atoms with Gasteiger partial charge in [0.2, 0.25) is 0 Å². The van der Waals surface area contributed by atoms with E-state index in [0.29, 0.717) is 25.7 Å². The average molecular weight is 262 g/mol. The quantitative estimate of drug-likeness (QED) is 0.568. The Bertz CT molecular complexity index is 334. The maximum Gasteiger partial charge on any atom is 0.400 e. The average Bonchev–Trinajstić information content (AvgIpc) is 2.25. The molecule has 0 heterocycles. The molecule has 0 aromatic carbocycles. The molecule has 0 rings (SSSR count). The molecule has 0 spiro atoms. The third-order valence-corrected chi connectivity index (χ3v) is 3.59. The minimum atomic E-state index is -3.94. The molecule has 0 saturated heterocycles. The van der Waals surface area contributed by atoms with Crippen LogP contribution in [0, 0.1) is 0 Å². The molecular formula is C12H22O4S. The fourth-order valence-corrected chi connectivity index (χ4v) is 2.61. The molecule has 1 atom stereocenters. The van der Waals surface area contributed by atoms with Gasteiger partial charge in [-0.15, -0.1) is 13.2 Å². The van der Waals surface area contributed by atoms with Crippen molar-refractivity contribution in [1.82, 2.24) is 0 Å². The van der Waals surface area contributed by atoms with Crippen molar-refractivity contribution in [2.45, 2.75) is 45.1 Å². The monoisotopic (exact) mass is 262 g/mol. The molecule has 4 nitrogen and oxygen atoms in total. The zero-order valence-electron chi connectivity index (χ0n) is 10.6. The molecule has 0 saturated carbocycles. The van der Waals surface area contributed by atoms with E-state index in [1.54, 1.807) is 19.1 Å². The Morgan fingerprint density at radius 2 is 1.88 bits per heavy atom. The van der Waals surface area contributed by atoms with Crippen LogP contribution in [0.15, 0.2) is 25.3 Å². The zero-order chi connectivity index (χ0) is 13.4. The predicted octanol–water partition coefficient (Wildman–Crippen LogP) is 2.98. The van der Waals surface area contributed by atoms with Gasteiger partial charge in [0.25, 0.3) is 0 Å². The molecule has 5 heteroatoms. The van der Waals surface area contributed by atoms with Crippen LogP contribution in [0.3, 0.4) is 0 Å². The van der Waals surface area contributed by atoms with E-state index in [1.807, 2.05) is 6.92 Å². The molecule has 17 heavy (non-hydrogen) atoms. The minimum absolute atomic E-state index is 0.0671. The van der Waals surface area contributed by atoms with Crippen molar-refractivity contribution in [2.75, 3.05) is 6.61 Å². The van der Waals surface area contributed by atoms with E-state index >= 15 is 0 Å². The molecule has 100 valence electrons. The van der Waals surface area contributed by atoms with E-state index in [-0.39, 0.29) is 6.61 Å². The molecule has 0 bridgehead atoms. The van der Waals surface area contributed by atoms with Gasteiger partial charge in [-0.2, -0.15) is 8.42 Å². The van der Waals surface area contributed by atoms with Gasteiger partial charge >= 0.3 is 10.4 Å². The Kier molecular flexibility index (Phi) is 7.34. The third-order valence-electron chi connectivity index (χ3n) is 2.51. The summed E-state index contributed by atoms with van der Waals surface area (Å²) in [5.74, 6) is 0. The van der Waals surface area contributed by atoms with Gasteiger partial charge in [0, 0.05) is 0 Å². The standard InChI is InChI=1S/C12H22O4S/c1-5-9-11-12(7-3,10-6-2)16-17(13,14)15-8-4/h5-6H,1-2,7-11H2,3-4H3. The molecule has 0 aromatic rings. The number of rotatable bonds is 10. The lowest BCUT2D eigenvalue weighted by Crippen LogP contribution is -2.34. The molecule has 0 amide bonds. The molecule has 0 aliphatic carbocycles. The highest BCUT2D eigenvalue weighted by atomic mass is 32.3. The summed E-state index contributed by atoms with van der Waals surface area (Å²) in [7, 11) is -3.94. The zero-order valence-corrected chi connectivity index (χ0v) is 11.5. The van der Waals surface area contributed by atoms with Crippen molar-refractivity contribution in [3.8, 4) is 0 Å². The van der Waals surface area contributed by atoms with Crippen LogP contribution in [0.2, 0.25) is 0 Å². The summed E-state index contributed by atoms with van der Waals surface area (Å²) >= 11 is 0. The summed E-state index contributed by atoms with van der Waals surface area (Å²) in [5.41, 5.74) is -0.774. The van der Waals surface area contributed by atoms with Crippen LogP contribution < -0.4 is 0 Å². The van der Waals surface area contributed by atoms with Crippen molar-refractivity contribution in [3.63, 3.8) is 0 Å². The minimum Gasteiger partial charge on any atom is -0.248 e. The van der Waals surface area contributed by atoms with Crippen LogP contribution in [-0.2, 0) is 18.8 Å². The van der Waals surface area contributed by atoms with Crippen LogP contribution in [-0.4, -0.2) is 20.6 Å². The second kappa shape index (κ2) is 7.63. The smallest absolute Gasteiger partial charge is 0.248 e. The van der Waals surface area contributed by atoms with Crippen molar-refractivity contribution in [2.24, 2.45) is 0 Å². The maximum absolute atomic E-state index is 11.5. The molecule has 1 unspecified atom stereocenters. The first kappa shape index (κ1) is 16.4. The Morgan fingerprint density at radius 1 is 1.24 bits per heavy atom. The molecule has 0 N–H and O–H groups in total. The first-order chi connectivity index (χ1) is 7.95. The molecular weight excluding hydrogens is 240 g/mol. The first-order valence-corrected chi connectivity index (χ1v) is 7.10. The fraction of sp³-hybridized carbons (Fsp3) is 0.667. The highest BCUT2D eigenvalue weighted by Gasteiger charge is 2.33. The van der Waals surface area contributed by atoms with E-state index in [9.17, 15) is 8.42 Å². The van der Waals surface area contributed by atoms with Gasteiger partial charge in [0.1, 0.15) is 0 Å². The lowest BCUT2D eigenvalue weighted by Gasteiger charge is -2.30. The number of hydrogen-bond donors (Lipinski definition) is 0. The Morgan fingerprint density at radius 3 is 2.29 bits per heavy atom. The normalized spacial score (nSPS) is 15.2. The summed E-state index contributed by atoms with van der Waals surface area (Å²) in [5, 5.41) is 0. The summed E-state index contributed by atoms with van der Waals surface area (Å²) in [4.78, 5) is 0.